The summed E-state index contributed by atoms with van der Waals surface area (Å²) in [6.07, 6.45) is 0.825. The van der Waals surface area contributed by atoms with Gasteiger partial charge in [0.1, 0.15) is 0 Å². The maximum atomic E-state index is 13.0. The lowest BCUT2D eigenvalue weighted by atomic mass is 10.1. The first-order chi connectivity index (χ1) is 5.83. The molecule has 1 aliphatic heterocycles. The van der Waals surface area contributed by atoms with Crippen molar-refractivity contribution in [1.29, 1.82) is 0 Å². The molecule has 1 aliphatic rings. The molecule has 0 unspecified atom stereocenters. The van der Waals surface area contributed by atoms with Crippen molar-refractivity contribution in [3.05, 3.63) is 23.5 Å². The molecule has 0 radical (unpaired) electrons. The van der Waals surface area contributed by atoms with Crippen LogP contribution < -0.4 is 9.47 Å². The Labute approximate surface area is 69.9 Å². The number of hydrogen-bond donors (Lipinski definition) is 0. The number of ether oxygens (including phenoxy) is 2. The lowest BCUT2D eigenvalue weighted by Crippen LogP contribution is -1.94. The minimum atomic E-state index is -0.347. The molecule has 3 heteroatoms. The zero-order chi connectivity index (χ0) is 8.55. The van der Waals surface area contributed by atoms with Gasteiger partial charge in [-0.05, 0) is 18.1 Å². The van der Waals surface area contributed by atoms with Crippen LogP contribution in [0.25, 0.3) is 0 Å². The fourth-order valence-electron chi connectivity index (χ4n) is 1.30. The van der Waals surface area contributed by atoms with Gasteiger partial charge in [-0.2, -0.15) is 0 Å². The number of benzene rings is 1. The van der Waals surface area contributed by atoms with Gasteiger partial charge in [0.05, 0.1) is 0 Å². The summed E-state index contributed by atoms with van der Waals surface area (Å²) in [6.45, 7) is 2.12. The summed E-state index contributed by atoms with van der Waals surface area (Å²) in [5.74, 6) is 0.478. The van der Waals surface area contributed by atoms with Crippen molar-refractivity contribution in [2.24, 2.45) is 0 Å². The quantitative estimate of drug-likeness (QED) is 0.639. The van der Waals surface area contributed by atoms with Gasteiger partial charge in [-0.15, -0.1) is 0 Å². The van der Waals surface area contributed by atoms with Crippen LogP contribution in [0.2, 0.25) is 0 Å². The summed E-state index contributed by atoms with van der Waals surface area (Å²) in [6, 6.07) is 3.13. The molecular weight excluding hydrogens is 159 g/mol. The van der Waals surface area contributed by atoms with Gasteiger partial charge in [-0.1, -0.05) is 13.0 Å². The largest absolute Gasteiger partial charge is 0.453 e. The molecular formula is C9H9FO2. The van der Waals surface area contributed by atoms with Crippen LogP contribution in [0.1, 0.15) is 12.5 Å². The highest BCUT2D eigenvalue weighted by Gasteiger charge is 2.20. The highest BCUT2D eigenvalue weighted by molar-refractivity contribution is 5.49. The number of rotatable bonds is 1. The van der Waals surface area contributed by atoms with Crippen molar-refractivity contribution in [3.63, 3.8) is 0 Å². The van der Waals surface area contributed by atoms with Gasteiger partial charge in [0.2, 0.25) is 12.5 Å². The average molecular weight is 168 g/mol. The first kappa shape index (κ1) is 7.40. The number of aryl methyl sites for hydroxylation is 1. The van der Waals surface area contributed by atoms with E-state index in [0.717, 1.165) is 12.0 Å². The third-order valence-corrected chi connectivity index (χ3v) is 1.93. The monoisotopic (exact) mass is 168 g/mol. The zero-order valence-corrected chi connectivity index (χ0v) is 6.76. The Morgan fingerprint density at radius 3 is 2.83 bits per heavy atom. The summed E-state index contributed by atoms with van der Waals surface area (Å²) < 4.78 is 23.1. The maximum absolute atomic E-state index is 13.0. The molecule has 0 amide bonds. The molecule has 12 heavy (non-hydrogen) atoms. The fourth-order valence-corrected chi connectivity index (χ4v) is 1.30. The van der Waals surface area contributed by atoms with E-state index in [9.17, 15) is 4.39 Å². The van der Waals surface area contributed by atoms with Crippen LogP contribution in [-0.4, -0.2) is 6.79 Å². The lowest BCUT2D eigenvalue weighted by Gasteiger charge is -2.02. The van der Waals surface area contributed by atoms with Crippen LogP contribution in [0.5, 0.6) is 11.5 Å². The van der Waals surface area contributed by atoms with Crippen LogP contribution in [0.15, 0.2) is 12.1 Å². The Bertz CT molecular complexity index is 310. The van der Waals surface area contributed by atoms with Crippen LogP contribution in [0.4, 0.5) is 4.39 Å². The minimum Gasteiger partial charge on any atom is -0.453 e. The fraction of sp³-hybridized carbons (Fsp3) is 0.333. The Morgan fingerprint density at radius 1 is 1.33 bits per heavy atom. The molecule has 1 aromatic carbocycles. The lowest BCUT2D eigenvalue weighted by molar-refractivity contribution is 0.170. The van der Waals surface area contributed by atoms with Gasteiger partial charge >= 0.3 is 0 Å². The third-order valence-electron chi connectivity index (χ3n) is 1.93. The highest BCUT2D eigenvalue weighted by Crippen LogP contribution is 2.37. The molecule has 0 saturated heterocycles. The topological polar surface area (TPSA) is 18.5 Å². The van der Waals surface area contributed by atoms with E-state index in [1.807, 2.05) is 6.92 Å². The standard InChI is InChI=1S/C9H9FO2/c1-2-6-3-4-7(10)9-8(6)11-5-12-9/h3-4H,2,5H2,1H3. The predicted octanol–water partition coefficient (Wildman–Crippen LogP) is 2.12. The summed E-state index contributed by atoms with van der Waals surface area (Å²) in [4.78, 5) is 0. The van der Waals surface area contributed by atoms with Crippen molar-refractivity contribution in [3.8, 4) is 11.5 Å². The third kappa shape index (κ3) is 0.932. The van der Waals surface area contributed by atoms with Crippen molar-refractivity contribution >= 4 is 0 Å². The molecule has 0 aliphatic carbocycles. The molecule has 0 fully saturated rings. The van der Waals surface area contributed by atoms with Gasteiger partial charge in [-0.3, -0.25) is 0 Å². The normalized spacial score (nSPS) is 13.5. The van der Waals surface area contributed by atoms with Crippen LogP contribution >= 0.6 is 0 Å². The van der Waals surface area contributed by atoms with Crippen LogP contribution in [-0.2, 0) is 6.42 Å². The Kier molecular flexibility index (Phi) is 1.64. The Morgan fingerprint density at radius 2 is 2.08 bits per heavy atom. The second-order valence-electron chi connectivity index (χ2n) is 2.62. The van der Waals surface area contributed by atoms with Crippen molar-refractivity contribution < 1.29 is 13.9 Å². The predicted molar refractivity (Wildman–Crippen MR) is 41.9 cm³/mol. The SMILES string of the molecule is CCc1ccc(F)c2c1OCO2. The van der Waals surface area contributed by atoms with Gasteiger partial charge in [0.25, 0.3) is 0 Å². The Hall–Kier alpha value is -1.25. The first-order valence-electron chi connectivity index (χ1n) is 3.90. The number of fused-ring (bicyclic) bond motifs is 1. The second-order valence-corrected chi connectivity index (χ2v) is 2.62. The number of halogens is 1. The van der Waals surface area contributed by atoms with E-state index in [-0.39, 0.29) is 18.4 Å². The summed E-state index contributed by atoms with van der Waals surface area (Å²) >= 11 is 0. The minimum absolute atomic E-state index is 0.128. The van der Waals surface area contributed by atoms with Gasteiger partial charge in [0, 0.05) is 0 Å². The van der Waals surface area contributed by atoms with Gasteiger partial charge in [0.15, 0.2) is 11.6 Å². The first-order valence-corrected chi connectivity index (χ1v) is 3.90. The second kappa shape index (κ2) is 2.66. The van der Waals surface area contributed by atoms with Crippen LogP contribution in [0, 0.1) is 5.82 Å². The van der Waals surface area contributed by atoms with Crippen LogP contribution in [0.3, 0.4) is 0 Å². The molecule has 1 aromatic rings. The van der Waals surface area contributed by atoms with E-state index >= 15 is 0 Å². The number of hydrogen-bond acceptors (Lipinski definition) is 2. The molecule has 0 spiro atoms. The smallest absolute Gasteiger partial charge is 0.231 e. The maximum Gasteiger partial charge on any atom is 0.231 e. The Balaban J connectivity index is 2.57. The van der Waals surface area contributed by atoms with E-state index in [2.05, 4.69) is 0 Å². The molecule has 0 bridgehead atoms. The molecule has 2 rings (SSSR count). The van der Waals surface area contributed by atoms with Crippen molar-refractivity contribution in [2.45, 2.75) is 13.3 Å². The summed E-state index contributed by atoms with van der Waals surface area (Å²) in [7, 11) is 0. The molecule has 0 aromatic heterocycles. The average Bonchev–Trinajstić information content (AvgIpc) is 2.54. The van der Waals surface area contributed by atoms with Crippen molar-refractivity contribution in [2.75, 3.05) is 6.79 Å². The van der Waals surface area contributed by atoms with Crippen molar-refractivity contribution in [1.82, 2.24) is 0 Å². The van der Waals surface area contributed by atoms with Gasteiger partial charge < -0.3 is 9.47 Å². The molecule has 0 N–H and O–H groups in total. The van der Waals surface area contributed by atoms with E-state index in [4.69, 9.17) is 9.47 Å². The highest BCUT2D eigenvalue weighted by atomic mass is 19.1. The van der Waals surface area contributed by atoms with E-state index in [1.165, 1.54) is 6.07 Å². The molecule has 0 atom stereocenters. The van der Waals surface area contributed by atoms with E-state index < -0.39 is 0 Å². The zero-order valence-electron chi connectivity index (χ0n) is 6.76. The molecule has 0 saturated carbocycles. The van der Waals surface area contributed by atoms with Gasteiger partial charge in [-0.25, -0.2) is 4.39 Å². The molecule has 64 valence electrons. The van der Waals surface area contributed by atoms with E-state index in [0.29, 0.717) is 5.75 Å². The summed E-state index contributed by atoms with van der Waals surface area (Å²) in [5.41, 5.74) is 0.990. The molecule has 1 heterocycles. The van der Waals surface area contributed by atoms with E-state index in [1.54, 1.807) is 6.07 Å². The molecule has 2 nitrogen and oxygen atoms in total. The summed E-state index contributed by atoms with van der Waals surface area (Å²) in [5, 5.41) is 0.